The smallest absolute Gasteiger partial charge is 0.311 e. The van der Waals surface area contributed by atoms with Crippen LogP contribution in [-0.4, -0.2) is 22.0 Å². The van der Waals surface area contributed by atoms with Crippen LogP contribution in [0.25, 0.3) is 21.8 Å². The van der Waals surface area contributed by atoms with Crippen LogP contribution in [0.1, 0.15) is 5.69 Å². The second-order valence-electron chi connectivity index (χ2n) is 4.27. The Kier molecular flexibility index (Phi) is 2.38. The van der Waals surface area contributed by atoms with Crippen molar-refractivity contribution in [3.05, 3.63) is 40.2 Å². The molecule has 0 saturated heterocycles. The number of hydrogen-bond acceptors (Lipinski definition) is 4. The fraction of sp³-hybridized carbons (Fsp3) is 0.154. The van der Waals surface area contributed by atoms with Crippen LogP contribution in [0.4, 0.5) is 5.69 Å². The molecule has 2 heterocycles. The number of pyridine rings is 1. The summed E-state index contributed by atoms with van der Waals surface area (Å²) in [5.74, 6) is 0.245. The highest BCUT2D eigenvalue weighted by Gasteiger charge is 2.18. The Morgan fingerprint density at radius 3 is 2.84 bits per heavy atom. The number of aromatic amines is 1. The monoisotopic (exact) mass is 257 g/mol. The SMILES string of the molecule is COc1cc2[nH]c3c(C)nccc3c2cc1[N+](=O)[O-]. The highest BCUT2D eigenvalue weighted by molar-refractivity contribution is 6.09. The van der Waals surface area contributed by atoms with Crippen molar-refractivity contribution < 1.29 is 9.66 Å². The molecule has 0 bridgehead atoms. The molecule has 0 unspecified atom stereocenters. The Bertz CT molecular complexity index is 808. The van der Waals surface area contributed by atoms with Gasteiger partial charge in [0, 0.05) is 29.1 Å². The average molecular weight is 257 g/mol. The van der Waals surface area contributed by atoms with Gasteiger partial charge in [0.05, 0.1) is 28.8 Å². The van der Waals surface area contributed by atoms with Gasteiger partial charge in [-0.15, -0.1) is 0 Å². The number of nitrogens with one attached hydrogen (secondary N) is 1. The lowest BCUT2D eigenvalue weighted by Crippen LogP contribution is -1.93. The van der Waals surface area contributed by atoms with Gasteiger partial charge in [-0.2, -0.15) is 0 Å². The number of fused-ring (bicyclic) bond motifs is 3. The molecule has 0 atom stereocenters. The summed E-state index contributed by atoms with van der Waals surface area (Å²) in [6.07, 6.45) is 1.70. The van der Waals surface area contributed by atoms with Crippen molar-refractivity contribution in [1.29, 1.82) is 0 Å². The number of aryl methyl sites for hydroxylation is 1. The number of aromatic nitrogens is 2. The van der Waals surface area contributed by atoms with E-state index in [1.165, 1.54) is 13.2 Å². The molecule has 1 aromatic carbocycles. The highest BCUT2D eigenvalue weighted by atomic mass is 16.6. The standard InChI is InChI=1S/C13H11N3O3/c1-7-13-8(3-4-14-7)9-5-11(16(17)18)12(19-2)6-10(9)15-13/h3-6,15H,1-2H3. The molecular weight excluding hydrogens is 246 g/mol. The number of H-pyrrole nitrogens is 1. The molecule has 0 saturated carbocycles. The Hall–Kier alpha value is -2.63. The van der Waals surface area contributed by atoms with Gasteiger partial charge in [-0.1, -0.05) is 0 Å². The molecule has 1 N–H and O–H groups in total. The van der Waals surface area contributed by atoms with E-state index in [0.29, 0.717) is 0 Å². The number of benzene rings is 1. The largest absolute Gasteiger partial charge is 0.490 e. The number of hydrogen-bond donors (Lipinski definition) is 1. The van der Waals surface area contributed by atoms with Gasteiger partial charge in [-0.25, -0.2) is 0 Å². The minimum Gasteiger partial charge on any atom is -0.490 e. The minimum absolute atomic E-state index is 0.0367. The van der Waals surface area contributed by atoms with E-state index in [0.717, 1.165) is 27.5 Å². The van der Waals surface area contributed by atoms with E-state index in [9.17, 15) is 10.1 Å². The third-order valence-corrected chi connectivity index (χ3v) is 3.21. The summed E-state index contributed by atoms with van der Waals surface area (Å²) in [4.78, 5) is 18.0. The van der Waals surface area contributed by atoms with Gasteiger partial charge in [-0.05, 0) is 13.0 Å². The molecule has 19 heavy (non-hydrogen) atoms. The maximum absolute atomic E-state index is 11.1. The molecule has 6 nitrogen and oxygen atoms in total. The fourth-order valence-corrected chi connectivity index (χ4v) is 2.28. The normalized spacial score (nSPS) is 11.1. The van der Waals surface area contributed by atoms with Gasteiger partial charge in [0.2, 0.25) is 0 Å². The molecule has 0 radical (unpaired) electrons. The Labute approximate surface area is 108 Å². The van der Waals surface area contributed by atoms with Gasteiger partial charge in [-0.3, -0.25) is 15.1 Å². The van der Waals surface area contributed by atoms with Gasteiger partial charge in [0.1, 0.15) is 0 Å². The quantitative estimate of drug-likeness (QED) is 0.565. The van der Waals surface area contributed by atoms with E-state index in [1.807, 2.05) is 13.0 Å². The molecule has 2 aromatic heterocycles. The molecule has 0 aliphatic rings. The molecule has 0 amide bonds. The minimum atomic E-state index is -0.439. The summed E-state index contributed by atoms with van der Waals surface area (Å²) in [7, 11) is 1.42. The first-order valence-corrected chi connectivity index (χ1v) is 5.71. The molecule has 0 aliphatic carbocycles. The summed E-state index contributed by atoms with van der Waals surface area (Å²) in [6.45, 7) is 1.89. The first-order chi connectivity index (χ1) is 9.11. The van der Waals surface area contributed by atoms with Crippen LogP contribution in [0, 0.1) is 17.0 Å². The number of nitro benzene ring substituents is 1. The molecule has 0 fully saturated rings. The van der Waals surface area contributed by atoms with E-state index in [-0.39, 0.29) is 11.4 Å². The van der Waals surface area contributed by atoms with Gasteiger partial charge in [0.25, 0.3) is 0 Å². The van der Waals surface area contributed by atoms with Gasteiger partial charge in [0.15, 0.2) is 5.75 Å². The molecular formula is C13H11N3O3. The predicted octanol–water partition coefficient (Wildman–Crippen LogP) is 2.94. The maximum atomic E-state index is 11.1. The van der Waals surface area contributed by atoms with E-state index < -0.39 is 4.92 Å². The zero-order chi connectivity index (χ0) is 13.6. The first kappa shape index (κ1) is 11.5. The van der Waals surface area contributed by atoms with Crippen molar-refractivity contribution in [1.82, 2.24) is 9.97 Å². The van der Waals surface area contributed by atoms with Crippen LogP contribution in [0.3, 0.4) is 0 Å². The third kappa shape index (κ3) is 1.61. The Morgan fingerprint density at radius 2 is 2.16 bits per heavy atom. The first-order valence-electron chi connectivity index (χ1n) is 5.71. The Balaban J connectivity index is 2.46. The van der Waals surface area contributed by atoms with Crippen LogP contribution in [-0.2, 0) is 0 Å². The van der Waals surface area contributed by atoms with Gasteiger partial charge < -0.3 is 9.72 Å². The van der Waals surface area contributed by atoms with Crippen molar-refractivity contribution in [3.63, 3.8) is 0 Å². The van der Waals surface area contributed by atoms with Crippen molar-refractivity contribution in [2.24, 2.45) is 0 Å². The van der Waals surface area contributed by atoms with Crippen LogP contribution in [0.5, 0.6) is 5.75 Å². The van der Waals surface area contributed by atoms with Crippen molar-refractivity contribution in [2.45, 2.75) is 6.92 Å². The van der Waals surface area contributed by atoms with Crippen molar-refractivity contribution in [2.75, 3.05) is 7.11 Å². The number of ether oxygens (including phenoxy) is 1. The highest BCUT2D eigenvalue weighted by Crippen LogP contribution is 2.35. The topological polar surface area (TPSA) is 81.0 Å². The molecule has 3 rings (SSSR count). The second-order valence-corrected chi connectivity index (χ2v) is 4.27. The number of nitrogens with zero attached hydrogens (tertiary/aromatic N) is 2. The van der Waals surface area contributed by atoms with Crippen molar-refractivity contribution >= 4 is 27.5 Å². The van der Waals surface area contributed by atoms with Crippen LogP contribution < -0.4 is 4.74 Å². The van der Waals surface area contributed by atoms with Crippen LogP contribution in [0.2, 0.25) is 0 Å². The van der Waals surface area contributed by atoms with Crippen LogP contribution in [0.15, 0.2) is 24.4 Å². The number of methoxy groups -OCH3 is 1. The molecule has 0 spiro atoms. The lowest BCUT2D eigenvalue weighted by molar-refractivity contribution is -0.385. The van der Waals surface area contributed by atoms with E-state index in [1.54, 1.807) is 12.3 Å². The summed E-state index contributed by atoms with van der Waals surface area (Å²) in [5.41, 5.74) is 2.51. The molecule has 6 heteroatoms. The zero-order valence-electron chi connectivity index (χ0n) is 10.4. The van der Waals surface area contributed by atoms with Crippen molar-refractivity contribution in [3.8, 4) is 5.75 Å². The van der Waals surface area contributed by atoms with Crippen LogP contribution >= 0.6 is 0 Å². The molecule has 3 aromatic rings. The second kappa shape index (κ2) is 3.94. The molecule has 96 valence electrons. The lowest BCUT2D eigenvalue weighted by Gasteiger charge is -2.01. The Morgan fingerprint density at radius 1 is 1.37 bits per heavy atom. The zero-order valence-corrected chi connectivity index (χ0v) is 10.4. The third-order valence-electron chi connectivity index (χ3n) is 3.21. The molecule has 0 aliphatic heterocycles. The maximum Gasteiger partial charge on any atom is 0.311 e. The predicted molar refractivity (Wildman–Crippen MR) is 71.5 cm³/mol. The average Bonchev–Trinajstić information content (AvgIpc) is 2.76. The van der Waals surface area contributed by atoms with E-state index in [4.69, 9.17) is 4.74 Å². The lowest BCUT2D eigenvalue weighted by atomic mass is 10.1. The summed E-state index contributed by atoms with van der Waals surface area (Å²) < 4.78 is 5.06. The number of rotatable bonds is 2. The summed E-state index contributed by atoms with van der Waals surface area (Å²) >= 11 is 0. The summed E-state index contributed by atoms with van der Waals surface area (Å²) in [6, 6.07) is 5.02. The van der Waals surface area contributed by atoms with E-state index in [2.05, 4.69) is 9.97 Å². The number of nitro groups is 1. The fourth-order valence-electron chi connectivity index (χ4n) is 2.28. The van der Waals surface area contributed by atoms with E-state index >= 15 is 0 Å². The summed E-state index contributed by atoms with van der Waals surface area (Å²) in [5, 5.41) is 12.8. The van der Waals surface area contributed by atoms with Gasteiger partial charge >= 0.3 is 5.69 Å².